The molecule has 2 atom stereocenters. The van der Waals surface area contributed by atoms with Gasteiger partial charge in [0.1, 0.15) is 0 Å². The molecule has 0 aliphatic heterocycles. The first-order valence-electron chi connectivity index (χ1n) is 8.97. The Balaban J connectivity index is 2.61. The van der Waals surface area contributed by atoms with E-state index < -0.39 is 12.1 Å². The second-order valence-corrected chi connectivity index (χ2v) is 14.6. The molecule has 23 heavy (non-hydrogen) atoms. The Bertz CT molecular complexity index is 423. The molecule has 0 aromatic heterocycles. The molecule has 0 bridgehead atoms. The molecule has 1 aliphatic carbocycles. The second-order valence-electron chi connectivity index (χ2n) is 6.81. The molecule has 2 nitrogen and oxygen atoms in total. The van der Waals surface area contributed by atoms with Crippen LogP contribution in [0.15, 0.2) is 23.8 Å². The zero-order chi connectivity index (χ0) is 17.4. The second kappa shape index (κ2) is 10.7. The number of carbonyl (C=O) groups is 1. The first kappa shape index (κ1) is 21.0. The number of carbonyl (C=O) groups excluding carboxylic acids is 1. The monoisotopic (exact) mass is 450 g/mol. The molecule has 1 aliphatic rings. The zero-order valence-corrected chi connectivity index (χ0v) is 18.6. The number of allylic oxidation sites excluding steroid dienone is 3. The van der Waals surface area contributed by atoms with Crippen LogP contribution >= 0.6 is 14.1 Å². The van der Waals surface area contributed by atoms with Crippen molar-refractivity contribution in [3.8, 4) is 0 Å². The fourth-order valence-electron chi connectivity index (χ4n) is 3.06. The summed E-state index contributed by atoms with van der Waals surface area (Å²) < 4.78 is 0. The van der Waals surface area contributed by atoms with E-state index in [9.17, 15) is 4.79 Å². The zero-order valence-electron chi connectivity index (χ0n) is 15.3. The minimum atomic E-state index is -0.967. The van der Waals surface area contributed by atoms with Crippen LogP contribution in [0, 0.1) is 0 Å². The Hall–Kier alpha value is -0.0505. The molecule has 0 fully saturated rings. The maximum atomic E-state index is 13.0. The van der Waals surface area contributed by atoms with Crippen molar-refractivity contribution in [3.05, 3.63) is 23.8 Å². The number of unbranched alkanes of at least 4 members (excludes halogenated alkanes) is 4. The average molecular weight is 450 g/mol. The van der Waals surface area contributed by atoms with Gasteiger partial charge in [0.2, 0.25) is 0 Å². The number of rotatable bonds is 10. The summed E-state index contributed by atoms with van der Waals surface area (Å²) in [4.78, 5) is 15.3. The predicted molar refractivity (Wildman–Crippen MR) is 106 cm³/mol. The molecule has 2 unspecified atom stereocenters. The van der Waals surface area contributed by atoms with Crippen LogP contribution < -0.4 is 0 Å². The summed E-state index contributed by atoms with van der Waals surface area (Å²) >= 11 is 3.00. The molecule has 132 valence electrons. The number of hydrogen-bond donors (Lipinski definition) is 0. The van der Waals surface area contributed by atoms with Crippen molar-refractivity contribution in [2.45, 2.75) is 88.9 Å². The van der Waals surface area contributed by atoms with E-state index in [1.165, 1.54) is 37.4 Å². The van der Waals surface area contributed by atoms with Gasteiger partial charge in [-0.3, -0.25) is 0 Å². The molecule has 0 spiro atoms. The Morgan fingerprint density at radius 3 is 2.35 bits per heavy atom. The first-order chi connectivity index (χ1) is 10.9. The molecule has 1 rings (SSSR count). The predicted octanol–water partition coefficient (Wildman–Crippen LogP) is 5.86. The van der Waals surface area contributed by atoms with Gasteiger partial charge >= 0.3 is 155 Å². The number of hydrogen-bond acceptors (Lipinski definition) is 1. The van der Waals surface area contributed by atoms with Crippen LogP contribution in [0.4, 0.5) is 0 Å². The van der Waals surface area contributed by atoms with E-state index in [4.69, 9.17) is 0 Å². The molecular weight excluding hydrogens is 417 g/mol. The van der Waals surface area contributed by atoms with Crippen LogP contribution in [0.3, 0.4) is 0 Å². The standard InChI is InChI=1S/C19H33BrNOSe/c1-6-7-8-9-10-14-23(20)18-13-11-12-17(18)19(22)21(15(2)3)16(4)5/h11-13,15-16,18H,6-10,14H2,1-5H3/q+1. The van der Waals surface area contributed by atoms with Crippen LogP contribution in [0.1, 0.15) is 66.7 Å². The third kappa shape index (κ3) is 6.40. The van der Waals surface area contributed by atoms with Crippen molar-refractivity contribution >= 4 is 32.1 Å². The molecule has 0 N–H and O–H groups in total. The molecule has 0 aromatic rings. The van der Waals surface area contributed by atoms with Gasteiger partial charge in [-0.15, -0.1) is 0 Å². The number of halogens is 1. The van der Waals surface area contributed by atoms with Crippen LogP contribution in [0.25, 0.3) is 0 Å². The van der Waals surface area contributed by atoms with Gasteiger partial charge in [0.05, 0.1) is 0 Å². The van der Waals surface area contributed by atoms with Gasteiger partial charge in [0, 0.05) is 0 Å². The molecule has 0 saturated heterocycles. The summed E-state index contributed by atoms with van der Waals surface area (Å²) in [6, 6.07) is 0.486. The van der Waals surface area contributed by atoms with E-state index in [1.54, 1.807) is 0 Å². The quantitative estimate of drug-likeness (QED) is 0.302. The summed E-state index contributed by atoms with van der Waals surface area (Å²) in [6.45, 7) is 10.7. The van der Waals surface area contributed by atoms with E-state index >= 15 is 0 Å². The summed E-state index contributed by atoms with van der Waals surface area (Å²) in [5.74, 6) is 0.226. The Kier molecular flexibility index (Phi) is 9.80. The van der Waals surface area contributed by atoms with Crippen LogP contribution in [-0.2, 0) is 4.79 Å². The van der Waals surface area contributed by atoms with Gasteiger partial charge in [-0.2, -0.15) is 0 Å². The van der Waals surface area contributed by atoms with Crippen molar-refractivity contribution in [3.63, 3.8) is 0 Å². The SMILES string of the molecule is CCCCCCC[Se+](Br)C1C=CC=C1C(=O)N(C(C)C)C(C)C. The Labute approximate surface area is 154 Å². The molecule has 0 aromatic carbocycles. The van der Waals surface area contributed by atoms with Crippen molar-refractivity contribution in [1.82, 2.24) is 4.90 Å². The average Bonchev–Trinajstić information content (AvgIpc) is 2.95. The molecule has 1 amide bonds. The fourth-order valence-corrected chi connectivity index (χ4v) is 8.98. The summed E-state index contributed by atoms with van der Waals surface area (Å²) in [5.41, 5.74) is 1.00. The van der Waals surface area contributed by atoms with Gasteiger partial charge in [-0.25, -0.2) is 0 Å². The minimum absolute atomic E-state index is 0.226. The Morgan fingerprint density at radius 1 is 1.17 bits per heavy atom. The number of nitrogens with zero attached hydrogens (tertiary/aromatic N) is 1. The maximum absolute atomic E-state index is 13.0. The third-order valence-electron chi connectivity index (χ3n) is 4.18. The van der Waals surface area contributed by atoms with Crippen molar-refractivity contribution in [2.75, 3.05) is 0 Å². The normalized spacial score (nSPS) is 18.6. The summed E-state index contributed by atoms with van der Waals surface area (Å²) in [6.07, 6.45) is 13.0. The Morgan fingerprint density at radius 2 is 1.78 bits per heavy atom. The summed E-state index contributed by atoms with van der Waals surface area (Å²) in [7, 11) is 0. The third-order valence-corrected chi connectivity index (χ3v) is 11.4. The fraction of sp³-hybridized carbons (Fsp3) is 0.737. The van der Waals surface area contributed by atoms with Gasteiger partial charge < -0.3 is 0 Å². The number of amides is 1. The summed E-state index contributed by atoms with van der Waals surface area (Å²) in [5, 5.41) is 1.26. The first-order valence-corrected chi connectivity index (χ1v) is 15.2. The van der Waals surface area contributed by atoms with E-state index in [2.05, 4.69) is 60.9 Å². The van der Waals surface area contributed by atoms with Gasteiger partial charge in [-0.05, 0) is 0 Å². The van der Waals surface area contributed by atoms with Crippen molar-refractivity contribution in [2.24, 2.45) is 0 Å². The van der Waals surface area contributed by atoms with E-state index in [1.807, 2.05) is 11.0 Å². The van der Waals surface area contributed by atoms with Crippen LogP contribution in [-0.4, -0.2) is 35.0 Å². The van der Waals surface area contributed by atoms with Crippen LogP contribution in [0.2, 0.25) is 10.1 Å². The van der Waals surface area contributed by atoms with Crippen LogP contribution in [0.5, 0.6) is 0 Å². The topological polar surface area (TPSA) is 20.3 Å². The molecular formula is C19H33BrNOSe+. The van der Waals surface area contributed by atoms with Gasteiger partial charge in [0.15, 0.2) is 0 Å². The van der Waals surface area contributed by atoms with Crippen molar-refractivity contribution in [1.29, 1.82) is 0 Å². The molecule has 0 heterocycles. The molecule has 0 saturated carbocycles. The van der Waals surface area contributed by atoms with Crippen molar-refractivity contribution < 1.29 is 4.79 Å². The molecule has 0 radical (unpaired) electrons. The van der Waals surface area contributed by atoms with E-state index in [0.717, 1.165) is 5.57 Å². The van der Waals surface area contributed by atoms with E-state index in [-0.39, 0.29) is 18.0 Å². The van der Waals surface area contributed by atoms with Gasteiger partial charge in [-0.1, -0.05) is 0 Å². The van der Waals surface area contributed by atoms with Gasteiger partial charge in [0.25, 0.3) is 0 Å². The van der Waals surface area contributed by atoms with E-state index in [0.29, 0.717) is 4.82 Å². The molecule has 4 heteroatoms.